The Labute approximate surface area is 161 Å². The van der Waals surface area contributed by atoms with Gasteiger partial charge in [0.2, 0.25) is 11.8 Å². The number of ether oxygens (including phenoxy) is 1. The summed E-state index contributed by atoms with van der Waals surface area (Å²) < 4.78 is 7.13. The summed E-state index contributed by atoms with van der Waals surface area (Å²) in [4.78, 5) is 23.9. The lowest BCUT2D eigenvalue weighted by atomic mass is 10.3. The Morgan fingerprint density at radius 2 is 2.00 bits per heavy atom. The molecule has 0 aliphatic carbocycles. The number of aromatic nitrogens is 5. The molecule has 2 N–H and O–H groups in total. The number of nitrogens with zero attached hydrogens (tertiary/aromatic N) is 4. The van der Waals surface area contributed by atoms with E-state index >= 15 is 0 Å². The van der Waals surface area contributed by atoms with Gasteiger partial charge in [-0.3, -0.25) is 9.78 Å². The van der Waals surface area contributed by atoms with Crippen molar-refractivity contribution in [3.63, 3.8) is 0 Å². The van der Waals surface area contributed by atoms with E-state index in [4.69, 9.17) is 4.74 Å². The number of benzene rings is 1. The van der Waals surface area contributed by atoms with Gasteiger partial charge in [0.05, 0.1) is 18.5 Å². The molecular weight excluding hydrogens is 356 g/mol. The lowest BCUT2D eigenvalue weighted by Crippen LogP contribution is -2.13. The van der Waals surface area contributed by atoms with Crippen molar-refractivity contribution in [2.75, 3.05) is 11.9 Å². The smallest absolute Gasteiger partial charge is 0.263 e. The van der Waals surface area contributed by atoms with Crippen LogP contribution in [0.5, 0.6) is 5.88 Å². The van der Waals surface area contributed by atoms with Gasteiger partial charge >= 0.3 is 0 Å². The highest BCUT2D eigenvalue weighted by molar-refractivity contribution is 5.76. The maximum atomic E-state index is 12.4. The topological polar surface area (TPSA) is 97.7 Å². The summed E-state index contributed by atoms with van der Waals surface area (Å²) in [6.45, 7) is 3.16. The highest BCUT2D eigenvalue weighted by Gasteiger charge is 2.11. The average molecular weight is 376 g/mol. The molecule has 0 saturated carbocycles. The summed E-state index contributed by atoms with van der Waals surface area (Å²) in [5.74, 6) is 0.979. The van der Waals surface area contributed by atoms with Gasteiger partial charge in [-0.1, -0.05) is 31.2 Å². The number of para-hydroxylation sites is 1. The Balaban J connectivity index is 1.55. The van der Waals surface area contributed by atoms with E-state index < -0.39 is 0 Å². The van der Waals surface area contributed by atoms with Crippen LogP contribution in [0.1, 0.15) is 18.9 Å². The molecule has 3 heterocycles. The van der Waals surface area contributed by atoms with Gasteiger partial charge in [0.15, 0.2) is 5.65 Å². The maximum absolute atomic E-state index is 12.4. The van der Waals surface area contributed by atoms with Gasteiger partial charge in [-0.15, -0.1) is 0 Å². The predicted octanol–water partition coefficient (Wildman–Crippen LogP) is 2.90. The summed E-state index contributed by atoms with van der Waals surface area (Å²) in [6, 6.07) is 13.3. The number of hydrogen-bond donors (Lipinski definition) is 2. The first-order valence-electron chi connectivity index (χ1n) is 9.09. The van der Waals surface area contributed by atoms with Crippen LogP contribution >= 0.6 is 0 Å². The Morgan fingerprint density at radius 3 is 2.75 bits per heavy atom. The van der Waals surface area contributed by atoms with Gasteiger partial charge in [0.1, 0.15) is 5.39 Å². The molecule has 28 heavy (non-hydrogen) atoms. The fourth-order valence-corrected chi connectivity index (χ4v) is 2.75. The zero-order valence-corrected chi connectivity index (χ0v) is 15.4. The Bertz CT molecular complexity index is 1120. The van der Waals surface area contributed by atoms with Gasteiger partial charge in [0.25, 0.3) is 5.56 Å². The van der Waals surface area contributed by atoms with E-state index in [-0.39, 0.29) is 5.56 Å². The third-order valence-corrected chi connectivity index (χ3v) is 4.15. The molecule has 3 aromatic heterocycles. The van der Waals surface area contributed by atoms with E-state index in [0.29, 0.717) is 36.0 Å². The van der Waals surface area contributed by atoms with Crippen molar-refractivity contribution in [2.45, 2.75) is 19.9 Å². The first-order chi connectivity index (χ1) is 13.7. The van der Waals surface area contributed by atoms with E-state index in [9.17, 15) is 4.79 Å². The Morgan fingerprint density at radius 1 is 1.14 bits per heavy atom. The van der Waals surface area contributed by atoms with Crippen molar-refractivity contribution in [3.05, 3.63) is 70.8 Å². The monoisotopic (exact) mass is 376 g/mol. The van der Waals surface area contributed by atoms with E-state index in [0.717, 1.165) is 17.7 Å². The Kier molecular flexibility index (Phi) is 5.01. The zero-order valence-electron chi connectivity index (χ0n) is 15.4. The van der Waals surface area contributed by atoms with Crippen molar-refractivity contribution in [2.24, 2.45) is 0 Å². The van der Waals surface area contributed by atoms with Crippen molar-refractivity contribution in [1.82, 2.24) is 24.7 Å². The molecular formula is C20H20N6O2. The van der Waals surface area contributed by atoms with Crippen LogP contribution < -0.4 is 15.6 Å². The second-order valence-electron chi connectivity index (χ2n) is 6.25. The van der Waals surface area contributed by atoms with Crippen LogP contribution in [0.15, 0.2) is 59.7 Å². The van der Waals surface area contributed by atoms with Crippen molar-refractivity contribution in [3.8, 4) is 11.6 Å². The maximum Gasteiger partial charge on any atom is 0.263 e. The summed E-state index contributed by atoms with van der Waals surface area (Å²) in [5, 5.41) is 7.88. The summed E-state index contributed by atoms with van der Waals surface area (Å²) in [5.41, 5.74) is 2.05. The molecule has 0 amide bonds. The van der Waals surface area contributed by atoms with Gasteiger partial charge in [-0.05, 0) is 24.1 Å². The lowest BCUT2D eigenvalue weighted by molar-refractivity contribution is 0.305. The second kappa shape index (κ2) is 7.91. The second-order valence-corrected chi connectivity index (χ2v) is 6.25. The molecule has 0 aliphatic heterocycles. The highest BCUT2D eigenvalue weighted by Crippen LogP contribution is 2.15. The highest BCUT2D eigenvalue weighted by atomic mass is 16.5. The molecule has 0 aliphatic rings. The molecule has 8 nitrogen and oxygen atoms in total. The van der Waals surface area contributed by atoms with Crippen LogP contribution in [0.25, 0.3) is 16.7 Å². The SMILES string of the molecule is CCCOc1ccc(CNc2nc3c(cnn3-c3ccccc3)c(=O)[nH]2)cn1. The fraction of sp³-hybridized carbons (Fsp3) is 0.200. The van der Waals surface area contributed by atoms with E-state index in [1.54, 1.807) is 10.9 Å². The quantitative estimate of drug-likeness (QED) is 0.515. The number of anilines is 1. The molecule has 8 heteroatoms. The number of nitrogens with one attached hydrogen (secondary N) is 2. The summed E-state index contributed by atoms with van der Waals surface area (Å²) in [6.07, 6.45) is 4.20. The third kappa shape index (κ3) is 3.71. The molecule has 0 spiro atoms. The minimum Gasteiger partial charge on any atom is -0.478 e. The molecule has 4 rings (SSSR count). The van der Waals surface area contributed by atoms with Crippen LogP contribution in [-0.2, 0) is 6.54 Å². The average Bonchev–Trinajstić information content (AvgIpc) is 3.17. The van der Waals surface area contributed by atoms with Crippen molar-refractivity contribution < 1.29 is 4.74 Å². The molecule has 0 fully saturated rings. The van der Waals surface area contributed by atoms with Crippen LogP contribution in [0.2, 0.25) is 0 Å². The van der Waals surface area contributed by atoms with Gasteiger partial charge in [-0.25, -0.2) is 9.67 Å². The van der Waals surface area contributed by atoms with Crippen molar-refractivity contribution >= 4 is 17.0 Å². The van der Waals surface area contributed by atoms with Crippen LogP contribution in [0.4, 0.5) is 5.95 Å². The zero-order chi connectivity index (χ0) is 19.3. The Hall–Kier alpha value is -3.68. The van der Waals surface area contributed by atoms with Crippen LogP contribution in [0.3, 0.4) is 0 Å². The molecule has 1 aromatic carbocycles. The molecule has 0 atom stereocenters. The summed E-state index contributed by atoms with van der Waals surface area (Å²) >= 11 is 0. The first-order valence-corrected chi connectivity index (χ1v) is 9.09. The molecule has 0 radical (unpaired) electrons. The fourth-order valence-electron chi connectivity index (χ4n) is 2.75. The molecule has 0 bridgehead atoms. The number of rotatable bonds is 7. The van der Waals surface area contributed by atoms with Gasteiger partial charge in [-0.2, -0.15) is 10.1 Å². The number of H-pyrrole nitrogens is 1. The standard InChI is InChI=1S/C20H20N6O2/c1-2-10-28-17-9-8-14(11-21-17)12-22-20-24-18-16(19(27)25-20)13-23-26(18)15-6-4-3-5-7-15/h3-9,11,13H,2,10,12H2,1H3,(H2,22,24,25,27). The first kappa shape index (κ1) is 17.7. The number of fused-ring (bicyclic) bond motifs is 1. The van der Waals surface area contributed by atoms with Gasteiger partial charge < -0.3 is 10.1 Å². The van der Waals surface area contributed by atoms with Gasteiger partial charge in [0, 0.05) is 18.8 Å². The number of aromatic amines is 1. The predicted molar refractivity (Wildman–Crippen MR) is 107 cm³/mol. The van der Waals surface area contributed by atoms with E-state index in [2.05, 4.69) is 25.4 Å². The molecule has 0 saturated heterocycles. The molecule has 4 aromatic rings. The molecule has 142 valence electrons. The number of hydrogen-bond acceptors (Lipinski definition) is 6. The van der Waals surface area contributed by atoms with E-state index in [1.165, 1.54) is 6.20 Å². The molecule has 0 unspecified atom stereocenters. The summed E-state index contributed by atoms with van der Waals surface area (Å²) in [7, 11) is 0. The minimum absolute atomic E-state index is 0.240. The van der Waals surface area contributed by atoms with Crippen molar-refractivity contribution in [1.29, 1.82) is 0 Å². The van der Waals surface area contributed by atoms with E-state index in [1.807, 2.05) is 49.4 Å². The minimum atomic E-state index is -0.240. The van der Waals surface area contributed by atoms with Crippen LogP contribution in [-0.4, -0.2) is 31.3 Å². The third-order valence-electron chi connectivity index (χ3n) is 4.15. The lowest BCUT2D eigenvalue weighted by Gasteiger charge is -2.08. The largest absolute Gasteiger partial charge is 0.478 e. The normalized spacial score (nSPS) is 10.9. The number of pyridine rings is 1. The van der Waals surface area contributed by atoms with Crippen LogP contribution in [0, 0.1) is 0 Å².